The zero-order valence-corrected chi connectivity index (χ0v) is 9.67. The number of rotatable bonds is 0. The summed E-state index contributed by atoms with van der Waals surface area (Å²) < 4.78 is 22.9. The Labute approximate surface area is 95.0 Å². The first-order valence-electron chi connectivity index (χ1n) is 5.70. The first kappa shape index (κ1) is 10.9. The van der Waals surface area contributed by atoms with E-state index in [-0.39, 0.29) is 25.0 Å². The van der Waals surface area contributed by atoms with E-state index in [4.69, 9.17) is 18.9 Å². The van der Waals surface area contributed by atoms with Gasteiger partial charge in [0.25, 0.3) is 0 Å². The molecule has 3 fully saturated rings. The lowest BCUT2D eigenvalue weighted by atomic mass is 10.3. The Hall–Kier alpha value is -0.240. The summed E-state index contributed by atoms with van der Waals surface area (Å²) in [6, 6.07) is 0. The smallest absolute Gasteiger partial charge is 0.199 e. The molecule has 16 heavy (non-hydrogen) atoms. The van der Waals surface area contributed by atoms with E-state index in [0.717, 1.165) is 13.1 Å². The summed E-state index contributed by atoms with van der Waals surface area (Å²) in [5.41, 5.74) is 0. The van der Waals surface area contributed by atoms with Crippen molar-refractivity contribution >= 4 is 0 Å². The number of hydrogen-bond donors (Lipinski definition) is 0. The molecule has 0 aromatic heterocycles. The summed E-state index contributed by atoms with van der Waals surface area (Å²) in [6.45, 7) is 3.08. The van der Waals surface area contributed by atoms with E-state index in [2.05, 4.69) is 9.80 Å². The number of ether oxygens (including phenoxy) is 4. The SMILES string of the molecule is CN1CCOC2OC3C(OCCN3C)OC21. The third-order valence-electron chi connectivity index (χ3n) is 3.33. The number of morpholine rings is 2. The first-order valence-corrected chi connectivity index (χ1v) is 5.70. The van der Waals surface area contributed by atoms with Gasteiger partial charge < -0.3 is 18.9 Å². The molecule has 0 bridgehead atoms. The summed E-state index contributed by atoms with van der Waals surface area (Å²) in [5.74, 6) is 0. The van der Waals surface area contributed by atoms with E-state index < -0.39 is 0 Å². The molecule has 3 rings (SSSR count). The van der Waals surface area contributed by atoms with E-state index in [1.807, 2.05) is 14.1 Å². The first-order chi connectivity index (χ1) is 7.75. The molecular weight excluding hydrogens is 212 g/mol. The molecule has 0 aliphatic carbocycles. The fraction of sp³-hybridized carbons (Fsp3) is 1.00. The van der Waals surface area contributed by atoms with Crippen LogP contribution >= 0.6 is 0 Å². The monoisotopic (exact) mass is 230 g/mol. The molecule has 0 aromatic carbocycles. The Bertz CT molecular complexity index is 239. The minimum absolute atomic E-state index is 0.151. The van der Waals surface area contributed by atoms with Crippen LogP contribution in [0.25, 0.3) is 0 Å². The highest BCUT2D eigenvalue weighted by Crippen LogP contribution is 2.29. The van der Waals surface area contributed by atoms with Crippen LogP contribution in [0.15, 0.2) is 0 Å². The lowest BCUT2D eigenvalue weighted by molar-refractivity contribution is -0.416. The molecule has 0 amide bonds. The molecule has 3 saturated heterocycles. The van der Waals surface area contributed by atoms with E-state index in [9.17, 15) is 0 Å². The van der Waals surface area contributed by atoms with Crippen LogP contribution in [0.4, 0.5) is 0 Å². The molecule has 6 heteroatoms. The van der Waals surface area contributed by atoms with Gasteiger partial charge in [-0.25, -0.2) is 0 Å². The van der Waals surface area contributed by atoms with E-state index in [1.54, 1.807) is 0 Å². The molecule has 4 unspecified atom stereocenters. The summed E-state index contributed by atoms with van der Waals surface area (Å²) >= 11 is 0. The van der Waals surface area contributed by atoms with Crippen LogP contribution < -0.4 is 0 Å². The van der Waals surface area contributed by atoms with Crippen molar-refractivity contribution in [2.24, 2.45) is 0 Å². The van der Waals surface area contributed by atoms with Crippen LogP contribution in [0, 0.1) is 0 Å². The van der Waals surface area contributed by atoms with Gasteiger partial charge in [0.15, 0.2) is 25.0 Å². The van der Waals surface area contributed by atoms with Gasteiger partial charge >= 0.3 is 0 Å². The quantitative estimate of drug-likeness (QED) is 0.546. The minimum atomic E-state index is -0.302. The Kier molecular flexibility index (Phi) is 2.87. The third kappa shape index (κ3) is 1.75. The van der Waals surface area contributed by atoms with E-state index >= 15 is 0 Å². The van der Waals surface area contributed by atoms with Gasteiger partial charge in [0, 0.05) is 13.1 Å². The van der Waals surface area contributed by atoms with Gasteiger partial charge in [0.1, 0.15) is 0 Å². The van der Waals surface area contributed by atoms with Crippen LogP contribution in [-0.2, 0) is 18.9 Å². The summed E-state index contributed by atoms with van der Waals surface area (Å²) in [4.78, 5) is 4.20. The molecule has 0 saturated carbocycles. The summed E-state index contributed by atoms with van der Waals surface area (Å²) in [7, 11) is 4.02. The molecule has 3 aliphatic rings. The van der Waals surface area contributed by atoms with Crippen LogP contribution in [0.2, 0.25) is 0 Å². The van der Waals surface area contributed by atoms with Crippen molar-refractivity contribution in [3.8, 4) is 0 Å². The summed E-state index contributed by atoms with van der Waals surface area (Å²) in [5, 5.41) is 0. The maximum Gasteiger partial charge on any atom is 0.199 e. The van der Waals surface area contributed by atoms with Gasteiger partial charge in [-0.1, -0.05) is 0 Å². The van der Waals surface area contributed by atoms with Crippen LogP contribution in [0.5, 0.6) is 0 Å². The minimum Gasteiger partial charge on any atom is -0.347 e. The number of likely N-dealkylation sites (N-methyl/N-ethyl adjacent to an activating group) is 2. The number of fused-ring (bicyclic) bond motifs is 2. The second-order valence-electron chi connectivity index (χ2n) is 4.49. The highest BCUT2D eigenvalue weighted by molar-refractivity contribution is 4.80. The Morgan fingerprint density at radius 3 is 1.69 bits per heavy atom. The molecule has 92 valence electrons. The second kappa shape index (κ2) is 4.21. The molecule has 0 N–H and O–H groups in total. The Morgan fingerprint density at radius 1 is 0.812 bits per heavy atom. The highest BCUT2D eigenvalue weighted by Gasteiger charge is 2.46. The Morgan fingerprint density at radius 2 is 1.25 bits per heavy atom. The van der Waals surface area contributed by atoms with Crippen molar-refractivity contribution in [3.63, 3.8) is 0 Å². The third-order valence-corrected chi connectivity index (χ3v) is 3.33. The predicted octanol–water partition coefficient (Wildman–Crippen LogP) is -0.738. The van der Waals surface area contributed by atoms with Crippen molar-refractivity contribution < 1.29 is 18.9 Å². The van der Waals surface area contributed by atoms with Gasteiger partial charge in [-0.3, -0.25) is 9.80 Å². The molecule has 0 radical (unpaired) electrons. The molecule has 6 nitrogen and oxygen atoms in total. The van der Waals surface area contributed by atoms with Crippen LogP contribution in [0.1, 0.15) is 0 Å². The average Bonchev–Trinajstić information content (AvgIpc) is 2.29. The fourth-order valence-corrected chi connectivity index (χ4v) is 2.28. The second-order valence-corrected chi connectivity index (χ2v) is 4.49. The average molecular weight is 230 g/mol. The van der Waals surface area contributed by atoms with Gasteiger partial charge in [-0.2, -0.15) is 0 Å². The van der Waals surface area contributed by atoms with Crippen molar-refractivity contribution in [2.75, 3.05) is 40.4 Å². The molecular formula is C10H18N2O4. The zero-order valence-electron chi connectivity index (χ0n) is 9.67. The molecule has 3 aliphatic heterocycles. The van der Waals surface area contributed by atoms with Crippen molar-refractivity contribution in [2.45, 2.75) is 25.0 Å². The lowest BCUT2D eigenvalue weighted by Gasteiger charge is -2.50. The Balaban J connectivity index is 1.74. The number of nitrogens with zero attached hydrogens (tertiary/aromatic N) is 2. The van der Waals surface area contributed by atoms with Gasteiger partial charge in [0.05, 0.1) is 13.2 Å². The normalized spacial score (nSPS) is 46.1. The topological polar surface area (TPSA) is 43.4 Å². The predicted molar refractivity (Wildman–Crippen MR) is 54.5 cm³/mol. The lowest BCUT2D eigenvalue weighted by Crippen LogP contribution is -2.65. The van der Waals surface area contributed by atoms with Gasteiger partial charge in [-0.05, 0) is 14.1 Å². The van der Waals surface area contributed by atoms with Gasteiger partial charge in [0.2, 0.25) is 0 Å². The maximum absolute atomic E-state index is 5.89. The van der Waals surface area contributed by atoms with E-state index in [1.165, 1.54) is 0 Å². The largest absolute Gasteiger partial charge is 0.347 e. The van der Waals surface area contributed by atoms with Crippen LogP contribution in [0.3, 0.4) is 0 Å². The van der Waals surface area contributed by atoms with Crippen LogP contribution in [-0.4, -0.2) is 75.2 Å². The summed E-state index contributed by atoms with van der Waals surface area (Å²) in [6.07, 6.45) is -0.906. The van der Waals surface area contributed by atoms with E-state index in [0.29, 0.717) is 13.2 Å². The maximum atomic E-state index is 5.89. The fourth-order valence-electron chi connectivity index (χ4n) is 2.28. The molecule has 0 aromatic rings. The number of hydrogen-bond acceptors (Lipinski definition) is 6. The molecule has 4 atom stereocenters. The molecule has 3 heterocycles. The standard InChI is InChI=1S/C10H18N2O4/c1-11-3-5-13-9-7(11)15-10-8(16-9)12(2)4-6-14-10/h7-10H,3-6H2,1-2H3. The highest BCUT2D eigenvalue weighted by atomic mass is 16.8. The van der Waals surface area contributed by atoms with Crippen molar-refractivity contribution in [1.82, 2.24) is 9.80 Å². The zero-order chi connectivity index (χ0) is 11.1. The molecule has 0 spiro atoms. The van der Waals surface area contributed by atoms with Gasteiger partial charge in [-0.15, -0.1) is 0 Å². The van der Waals surface area contributed by atoms with Crippen molar-refractivity contribution in [1.29, 1.82) is 0 Å². The van der Waals surface area contributed by atoms with Crippen molar-refractivity contribution in [3.05, 3.63) is 0 Å².